The van der Waals surface area contributed by atoms with Gasteiger partial charge < -0.3 is 0 Å². The second kappa shape index (κ2) is 6.39. The first-order chi connectivity index (χ1) is 4.31. The lowest BCUT2D eigenvalue weighted by molar-refractivity contribution is -0.254. The molecule has 2 nitrogen and oxygen atoms in total. The minimum absolute atomic E-state index is 0.295. The molecule has 0 aliphatic carbocycles. The summed E-state index contributed by atoms with van der Waals surface area (Å²) in [5.41, 5.74) is -0.295. The second-order valence-corrected chi connectivity index (χ2v) is 2.63. The minimum Gasteiger partial charge on any atom is -0.251 e. The van der Waals surface area contributed by atoms with E-state index >= 15 is 0 Å². The number of thiol groups is 1. The van der Waals surface area contributed by atoms with E-state index in [1.165, 1.54) is 12.8 Å². The lowest BCUT2D eigenvalue weighted by Crippen LogP contribution is -2.00. The van der Waals surface area contributed by atoms with E-state index in [2.05, 4.69) is 24.4 Å². The summed E-state index contributed by atoms with van der Waals surface area (Å²) in [6.45, 7) is 2.13. The van der Waals surface area contributed by atoms with Gasteiger partial charge in [0.2, 0.25) is 0 Å². The van der Waals surface area contributed by atoms with Crippen molar-refractivity contribution in [3.8, 4) is 0 Å². The van der Waals surface area contributed by atoms with Gasteiger partial charge in [0.1, 0.15) is 5.44 Å². The zero-order chi connectivity index (χ0) is 7.11. The summed E-state index contributed by atoms with van der Waals surface area (Å²) in [5, 5.41) is 8.06. The maximum atomic E-state index is 8.06. The Morgan fingerprint density at radius 2 is 2.22 bits per heavy atom. The van der Waals surface area contributed by atoms with Crippen molar-refractivity contribution < 1.29 is 10.1 Å². The fourth-order valence-electron chi connectivity index (χ4n) is 0.622. The van der Waals surface area contributed by atoms with Crippen LogP contribution in [0.15, 0.2) is 0 Å². The van der Waals surface area contributed by atoms with Crippen LogP contribution in [0, 0.1) is 0 Å². The number of hydrogen-bond donors (Lipinski definition) is 2. The molecular formula is C6H14O2S. The first kappa shape index (κ1) is 9.27. The average molecular weight is 150 g/mol. The van der Waals surface area contributed by atoms with Gasteiger partial charge in [-0.25, -0.2) is 4.89 Å². The highest BCUT2D eigenvalue weighted by molar-refractivity contribution is 7.80. The Balaban J connectivity index is 2.88. The summed E-state index contributed by atoms with van der Waals surface area (Å²) in [6.07, 6.45) is 4.27. The van der Waals surface area contributed by atoms with Gasteiger partial charge in [-0.2, -0.15) is 0 Å². The molecule has 0 bridgehead atoms. The summed E-state index contributed by atoms with van der Waals surface area (Å²) in [4.78, 5) is 3.96. The highest BCUT2D eigenvalue weighted by Gasteiger charge is 1.99. The van der Waals surface area contributed by atoms with Crippen molar-refractivity contribution in [3.63, 3.8) is 0 Å². The van der Waals surface area contributed by atoms with Crippen LogP contribution >= 0.6 is 12.6 Å². The fourth-order valence-corrected chi connectivity index (χ4v) is 0.804. The van der Waals surface area contributed by atoms with Gasteiger partial charge >= 0.3 is 0 Å². The maximum Gasteiger partial charge on any atom is 0.135 e. The van der Waals surface area contributed by atoms with Crippen LogP contribution in [0.5, 0.6) is 0 Å². The molecule has 0 saturated carbocycles. The van der Waals surface area contributed by atoms with E-state index in [1.54, 1.807) is 0 Å². The largest absolute Gasteiger partial charge is 0.251 e. The molecule has 0 aromatic carbocycles. The monoisotopic (exact) mass is 150 g/mol. The van der Waals surface area contributed by atoms with Crippen molar-refractivity contribution in [1.29, 1.82) is 0 Å². The smallest absolute Gasteiger partial charge is 0.135 e. The average Bonchev–Trinajstić information content (AvgIpc) is 1.89. The van der Waals surface area contributed by atoms with Crippen molar-refractivity contribution in [3.05, 3.63) is 0 Å². The molecule has 3 heteroatoms. The van der Waals surface area contributed by atoms with Gasteiger partial charge in [-0.15, -0.1) is 12.6 Å². The Morgan fingerprint density at radius 3 is 2.67 bits per heavy atom. The Hall–Kier alpha value is 0.270. The van der Waals surface area contributed by atoms with Crippen molar-refractivity contribution in [2.45, 2.75) is 38.0 Å². The van der Waals surface area contributed by atoms with Crippen molar-refractivity contribution in [2.75, 3.05) is 0 Å². The molecule has 0 radical (unpaired) electrons. The molecule has 0 heterocycles. The molecule has 0 aliphatic heterocycles. The van der Waals surface area contributed by atoms with Crippen molar-refractivity contribution in [1.82, 2.24) is 0 Å². The van der Waals surface area contributed by atoms with E-state index in [9.17, 15) is 0 Å². The lowest BCUT2D eigenvalue weighted by Gasteiger charge is -2.03. The Bertz CT molecular complexity index is 59.0. The fraction of sp³-hybridized carbons (Fsp3) is 1.00. The van der Waals surface area contributed by atoms with Crippen LogP contribution in [0.3, 0.4) is 0 Å². The molecule has 0 aromatic heterocycles. The minimum atomic E-state index is -0.295. The molecule has 0 fully saturated rings. The molecule has 56 valence electrons. The predicted octanol–water partition coefficient (Wildman–Crippen LogP) is 2.31. The third kappa shape index (κ3) is 6.15. The van der Waals surface area contributed by atoms with E-state index in [4.69, 9.17) is 5.26 Å². The predicted molar refractivity (Wildman–Crippen MR) is 40.6 cm³/mol. The van der Waals surface area contributed by atoms with E-state index in [0.717, 1.165) is 12.8 Å². The summed E-state index contributed by atoms with van der Waals surface area (Å²) >= 11 is 3.93. The Labute approximate surface area is 61.6 Å². The van der Waals surface area contributed by atoms with Crippen LogP contribution in [0.25, 0.3) is 0 Å². The second-order valence-electron chi connectivity index (χ2n) is 2.06. The molecule has 0 rings (SSSR count). The third-order valence-corrected chi connectivity index (χ3v) is 1.53. The first-order valence-electron chi connectivity index (χ1n) is 3.29. The van der Waals surface area contributed by atoms with Crippen LogP contribution in [0.1, 0.15) is 32.6 Å². The molecular weight excluding hydrogens is 136 g/mol. The topological polar surface area (TPSA) is 29.5 Å². The van der Waals surface area contributed by atoms with Crippen LogP contribution < -0.4 is 0 Å². The van der Waals surface area contributed by atoms with Gasteiger partial charge in [0.05, 0.1) is 0 Å². The molecule has 0 aliphatic rings. The SMILES string of the molecule is CCCCCC(S)OO. The Morgan fingerprint density at radius 1 is 1.56 bits per heavy atom. The zero-order valence-corrected chi connectivity index (χ0v) is 6.60. The van der Waals surface area contributed by atoms with E-state index in [-0.39, 0.29) is 5.44 Å². The van der Waals surface area contributed by atoms with Gasteiger partial charge in [0, 0.05) is 0 Å². The number of unbranched alkanes of at least 4 members (excludes halogenated alkanes) is 2. The molecule has 1 unspecified atom stereocenters. The molecule has 9 heavy (non-hydrogen) atoms. The van der Waals surface area contributed by atoms with Gasteiger partial charge in [0.15, 0.2) is 0 Å². The standard InChI is InChI=1S/C6H14O2S/c1-2-3-4-5-6(9)8-7/h6-7,9H,2-5H2,1H3. The molecule has 1 N–H and O–H groups in total. The molecule has 1 atom stereocenters. The molecule has 0 amide bonds. The molecule has 0 aromatic rings. The quantitative estimate of drug-likeness (QED) is 0.207. The van der Waals surface area contributed by atoms with Crippen molar-refractivity contribution >= 4 is 12.6 Å². The van der Waals surface area contributed by atoms with Crippen LogP contribution in [-0.4, -0.2) is 10.7 Å². The van der Waals surface area contributed by atoms with E-state index in [0.29, 0.717) is 0 Å². The van der Waals surface area contributed by atoms with E-state index in [1.807, 2.05) is 0 Å². The summed E-state index contributed by atoms with van der Waals surface area (Å²) < 4.78 is 0. The maximum absolute atomic E-state index is 8.06. The molecule has 0 spiro atoms. The number of hydrogen-bond acceptors (Lipinski definition) is 3. The lowest BCUT2D eigenvalue weighted by atomic mass is 10.2. The van der Waals surface area contributed by atoms with E-state index < -0.39 is 0 Å². The highest BCUT2D eigenvalue weighted by Crippen LogP contribution is 2.07. The number of rotatable bonds is 5. The summed E-state index contributed by atoms with van der Waals surface area (Å²) in [5.74, 6) is 0. The summed E-state index contributed by atoms with van der Waals surface area (Å²) in [7, 11) is 0. The van der Waals surface area contributed by atoms with Gasteiger partial charge in [-0.05, 0) is 12.8 Å². The van der Waals surface area contributed by atoms with Gasteiger partial charge in [-0.1, -0.05) is 19.8 Å². The van der Waals surface area contributed by atoms with Gasteiger partial charge in [-0.3, -0.25) is 5.26 Å². The summed E-state index contributed by atoms with van der Waals surface area (Å²) in [6, 6.07) is 0. The van der Waals surface area contributed by atoms with Crippen molar-refractivity contribution in [2.24, 2.45) is 0 Å². The highest BCUT2D eigenvalue weighted by atomic mass is 32.1. The third-order valence-electron chi connectivity index (χ3n) is 1.18. The Kier molecular flexibility index (Phi) is 6.58. The first-order valence-corrected chi connectivity index (χ1v) is 3.81. The normalized spacial score (nSPS) is 13.7. The van der Waals surface area contributed by atoms with Crippen LogP contribution in [0.4, 0.5) is 0 Å². The zero-order valence-electron chi connectivity index (χ0n) is 5.71. The van der Waals surface area contributed by atoms with Crippen LogP contribution in [0.2, 0.25) is 0 Å². The molecule has 0 saturated heterocycles. The van der Waals surface area contributed by atoms with Gasteiger partial charge in [0.25, 0.3) is 0 Å². The van der Waals surface area contributed by atoms with Crippen LogP contribution in [-0.2, 0) is 4.89 Å².